The summed E-state index contributed by atoms with van der Waals surface area (Å²) in [6.07, 6.45) is 0.715. The summed E-state index contributed by atoms with van der Waals surface area (Å²) in [5.41, 5.74) is 8.29. The molecule has 0 aromatic rings. The van der Waals surface area contributed by atoms with E-state index in [2.05, 4.69) is 5.43 Å². The first-order valence-corrected chi connectivity index (χ1v) is 4.62. The van der Waals surface area contributed by atoms with Gasteiger partial charge >= 0.3 is 0 Å². The van der Waals surface area contributed by atoms with Crippen LogP contribution in [-0.2, 0) is 9.53 Å². The van der Waals surface area contributed by atoms with E-state index < -0.39 is 0 Å². The van der Waals surface area contributed by atoms with Crippen LogP contribution in [-0.4, -0.2) is 43.3 Å². The molecule has 13 heavy (non-hydrogen) atoms. The molecular weight excluding hydrogens is 170 g/mol. The number of nitrogens with two attached hydrogens (primary N) is 1. The van der Waals surface area contributed by atoms with Gasteiger partial charge in [0.1, 0.15) is 0 Å². The van der Waals surface area contributed by atoms with Crippen molar-refractivity contribution in [1.82, 2.24) is 10.4 Å². The van der Waals surface area contributed by atoms with Crippen molar-refractivity contribution in [2.45, 2.75) is 19.4 Å². The summed E-state index contributed by atoms with van der Waals surface area (Å²) in [5.74, 6) is -0.297. The third-order valence-corrected chi connectivity index (χ3v) is 2.10. The van der Waals surface area contributed by atoms with Crippen molar-refractivity contribution in [2.75, 3.05) is 26.3 Å². The average Bonchev–Trinajstić information content (AvgIpc) is 2.15. The molecule has 0 aliphatic carbocycles. The summed E-state index contributed by atoms with van der Waals surface area (Å²) in [5, 5.41) is 1.99. The van der Waals surface area contributed by atoms with Gasteiger partial charge in [-0.25, -0.2) is 10.4 Å². The number of ether oxygens (including phenoxy) is 1. The molecular formula is C8H17N3O2. The zero-order valence-corrected chi connectivity index (χ0v) is 7.95. The minimum Gasteiger partial charge on any atom is -0.379 e. The van der Waals surface area contributed by atoms with Crippen molar-refractivity contribution >= 4 is 5.91 Å². The lowest BCUT2D eigenvalue weighted by molar-refractivity contribution is -0.122. The van der Waals surface area contributed by atoms with E-state index >= 15 is 0 Å². The predicted molar refractivity (Wildman–Crippen MR) is 48.8 cm³/mol. The molecule has 0 spiro atoms. The number of nitrogens with zero attached hydrogens (tertiary/aromatic N) is 1. The first-order valence-electron chi connectivity index (χ1n) is 4.62. The highest BCUT2D eigenvalue weighted by Crippen LogP contribution is 1.96. The standard InChI is InChI=1S/C8H17N3O2/c1-2-7(8(9)12)10-11-3-5-13-6-4-11/h7,10H,2-6H2,1H3,(H2,9,12). The van der Waals surface area contributed by atoms with Crippen molar-refractivity contribution in [3.63, 3.8) is 0 Å². The molecule has 3 N–H and O–H groups in total. The molecule has 1 aliphatic heterocycles. The van der Waals surface area contributed by atoms with Crippen LogP contribution in [0.2, 0.25) is 0 Å². The van der Waals surface area contributed by atoms with E-state index in [1.54, 1.807) is 0 Å². The number of hydrogen-bond acceptors (Lipinski definition) is 4. The second-order valence-electron chi connectivity index (χ2n) is 3.09. The molecule has 1 aliphatic rings. The Balaban J connectivity index is 2.31. The van der Waals surface area contributed by atoms with E-state index in [1.165, 1.54) is 0 Å². The number of rotatable bonds is 4. The van der Waals surface area contributed by atoms with Gasteiger partial charge in [-0.1, -0.05) is 6.92 Å². The van der Waals surface area contributed by atoms with Gasteiger partial charge in [-0.2, -0.15) is 0 Å². The molecule has 1 rings (SSSR count). The molecule has 0 aromatic heterocycles. The van der Waals surface area contributed by atoms with Gasteiger partial charge in [0, 0.05) is 13.1 Å². The number of carbonyl (C=O) groups is 1. The van der Waals surface area contributed by atoms with Crippen molar-refractivity contribution in [1.29, 1.82) is 0 Å². The smallest absolute Gasteiger partial charge is 0.235 e. The molecule has 5 heteroatoms. The number of morpholine rings is 1. The number of hydrogen-bond donors (Lipinski definition) is 2. The summed E-state index contributed by atoms with van der Waals surface area (Å²) >= 11 is 0. The molecule has 0 radical (unpaired) electrons. The fourth-order valence-electron chi connectivity index (χ4n) is 1.27. The summed E-state index contributed by atoms with van der Waals surface area (Å²) in [4.78, 5) is 10.9. The minimum absolute atomic E-state index is 0.252. The number of primary amides is 1. The molecule has 0 saturated carbocycles. The van der Waals surface area contributed by atoms with E-state index in [1.807, 2.05) is 11.9 Å². The molecule has 1 heterocycles. The number of hydrazine groups is 1. The zero-order valence-electron chi connectivity index (χ0n) is 7.95. The van der Waals surface area contributed by atoms with E-state index in [-0.39, 0.29) is 11.9 Å². The average molecular weight is 187 g/mol. The Morgan fingerprint density at radius 2 is 2.23 bits per heavy atom. The molecule has 1 amide bonds. The molecule has 5 nitrogen and oxygen atoms in total. The predicted octanol–water partition coefficient (Wildman–Crippen LogP) is -0.913. The third-order valence-electron chi connectivity index (χ3n) is 2.10. The lowest BCUT2D eigenvalue weighted by atomic mass is 10.2. The van der Waals surface area contributed by atoms with E-state index in [9.17, 15) is 4.79 Å². The number of amides is 1. The van der Waals surface area contributed by atoms with Gasteiger partial charge in [0.05, 0.1) is 19.3 Å². The lowest BCUT2D eigenvalue weighted by Crippen LogP contribution is -2.53. The van der Waals surface area contributed by atoms with Gasteiger partial charge in [-0.15, -0.1) is 0 Å². The normalized spacial score (nSPS) is 21.3. The van der Waals surface area contributed by atoms with Gasteiger partial charge in [0.25, 0.3) is 0 Å². The van der Waals surface area contributed by atoms with Crippen LogP contribution in [0.3, 0.4) is 0 Å². The Kier molecular flexibility index (Phi) is 4.14. The Hall–Kier alpha value is -0.650. The van der Waals surface area contributed by atoms with Gasteiger partial charge in [-0.05, 0) is 6.42 Å². The molecule has 1 atom stereocenters. The lowest BCUT2D eigenvalue weighted by Gasteiger charge is -2.30. The van der Waals surface area contributed by atoms with Crippen LogP contribution in [0.5, 0.6) is 0 Å². The maximum Gasteiger partial charge on any atom is 0.235 e. The fourth-order valence-corrected chi connectivity index (χ4v) is 1.27. The maximum atomic E-state index is 10.9. The first-order chi connectivity index (χ1) is 6.24. The van der Waals surface area contributed by atoms with E-state index in [0.29, 0.717) is 19.6 Å². The maximum absolute atomic E-state index is 10.9. The van der Waals surface area contributed by atoms with Crippen molar-refractivity contribution in [2.24, 2.45) is 5.73 Å². The summed E-state index contributed by atoms with van der Waals surface area (Å²) < 4.78 is 5.18. The first kappa shape index (κ1) is 10.4. The Morgan fingerprint density at radius 3 is 2.69 bits per heavy atom. The van der Waals surface area contributed by atoms with Crippen molar-refractivity contribution in [3.05, 3.63) is 0 Å². The van der Waals surface area contributed by atoms with Crippen LogP contribution in [0.15, 0.2) is 0 Å². The van der Waals surface area contributed by atoms with Crippen LogP contribution in [0.25, 0.3) is 0 Å². The number of nitrogens with one attached hydrogen (secondary N) is 1. The third kappa shape index (κ3) is 3.30. The van der Waals surface area contributed by atoms with Crippen LogP contribution in [0.1, 0.15) is 13.3 Å². The van der Waals surface area contributed by atoms with Crippen molar-refractivity contribution < 1.29 is 9.53 Å². The highest BCUT2D eigenvalue weighted by molar-refractivity contribution is 5.79. The van der Waals surface area contributed by atoms with Crippen LogP contribution in [0.4, 0.5) is 0 Å². The monoisotopic (exact) mass is 187 g/mol. The number of carbonyl (C=O) groups excluding carboxylic acids is 1. The highest BCUT2D eigenvalue weighted by atomic mass is 16.5. The Bertz CT molecular complexity index is 169. The van der Waals surface area contributed by atoms with Gasteiger partial charge in [0.15, 0.2) is 0 Å². The molecule has 1 saturated heterocycles. The van der Waals surface area contributed by atoms with Crippen LogP contribution in [0, 0.1) is 0 Å². The quantitative estimate of drug-likeness (QED) is 0.597. The molecule has 1 unspecified atom stereocenters. The van der Waals surface area contributed by atoms with E-state index in [0.717, 1.165) is 13.1 Å². The summed E-state index contributed by atoms with van der Waals surface area (Å²) in [7, 11) is 0. The van der Waals surface area contributed by atoms with Gasteiger partial charge in [-0.3, -0.25) is 4.79 Å². The second-order valence-corrected chi connectivity index (χ2v) is 3.09. The van der Waals surface area contributed by atoms with Crippen LogP contribution >= 0.6 is 0 Å². The Labute approximate surface area is 78.2 Å². The van der Waals surface area contributed by atoms with Gasteiger partial charge in [0.2, 0.25) is 5.91 Å². The van der Waals surface area contributed by atoms with Crippen molar-refractivity contribution in [3.8, 4) is 0 Å². The molecule has 1 fully saturated rings. The highest BCUT2D eigenvalue weighted by Gasteiger charge is 2.17. The van der Waals surface area contributed by atoms with E-state index in [4.69, 9.17) is 10.5 Å². The second kappa shape index (κ2) is 5.16. The zero-order chi connectivity index (χ0) is 9.68. The SMILES string of the molecule is CCC(NN1CCOCC1)C(N)=O. The van der Waals surface area contributed by atoms with Gasteiger partial charge < -0.3 is 10.5 Å². The summed E-state index contributed by atoms with van der Waals surface area (Å²) in [6.45, 7) is 4.97. The molecule has 76 valence electrons. The Morgan fingerprint density at radius 1 is 1.62 bits per heavy atom. The fraction of sp³-hybridized carbons (Fsp3) is 0.875. The topological polar surface area (TPSA) is 67.6 Å². The molecule has 0 aromatic carbocycles. The molecule has 0 bridgehead atoms. The van der Waals surface area contributed by atoms with Crippen LogP contribution < -0.4 is 11.2 Å². The largest absolute Gasteiger partial charge is 0.379 e. The summed E-state index contributed by atoms with van der Waals surface area (Å²) in [6, 6.07) is -0.252. The minimum atomic E-state index is -0.297.